The number of aromatic amines is 1. The molecule has 5 nitrogen and oxygen atoms in total. The maximum absolute atomic E-state index is 12.3. The van der Waals surface area contributed by atoms with Crippen molar-refractivity contribution in [3.8, 4) is 0 Å². The molecule has 1 amide bonds. The summed E-state index contributed by atoms with van der Waals surface area (Å²) in [5.41, 5.74) is 0.649. The Morgan fingerprint density at radius 1 is 1.47 bits per heavy atom. The van der Waals surface area contributed by atoms with E-state index in [0.717, 1.165) is 12.8 Å². The molecule has 92 valence electrons. The summed E-state index contributed by atoms with van der Waals surface area (Å²) >= 11 is 0. The Morgan fingerprint density at radius 2 is 2.35 bits per heavy atom. The Bertz CT molecular complexity index is 388. The Balaban J connectivity index is 1.79. The normalized spacial score (nSPS) is 28.8. The van der Waals surface area contributed by atoms with Gasteiger partial charge in [-0.1, -0.05) is 12.8 Å². The summed E-state index contributed by atoms with van der Waals surface area (Å²) in [6, 6.07) is 0.264. The van der Waals surface area contributed by atoms with E-state index in [9.17, 15) is 4.79 Å². The summed E-state index contributed by atoms with van der Waals surface area (Å²) in [5.74, 6) is 0.0824. The second-order valence-electron chi connectivity index (χ2n) is 4.75. The first kappa shape index (κ1) is 10.8. The highest BCUT2D eigenvalue weighted by atomic mass is 16.5. The molecule has 1 aliphatic heterocycles. The molecule has 0 radical (unpaired) electrons. The topological polar surface area (TPSA) is 58.2 Å². The highest BCUT2D eigenvalue weighted by Crippen LogP contribution is 2.29. The third-order valence-corrected chi connectivity index (χ3v) is 3.74. The molecular formula is C12H17N3O2. The summed E-state index contributed by atoms with van der Waals surface area (Å²) < 4.78 is 5.76. The lowest BCUT2D eigenvalue weighted by Gasteiger charge is -2.43. The first-order valence-corrected chi connectivity index (χ1v) is 6.27. The van der Waals surface area contributed by atoms with Gasteiger partial charge in [0, 0.05) is 12.7 Å². The van der Waals surface area contributed by atoms with Gasteiger partial charge in [0.25, 0.3) is 5.91 Å². The van der Waals surface area contributed by atoms with Gasteiger partial charge in [0.05, 0.1) is 30.5 Å². The van der Waals surface area contributed by atoms with E-state index in [2.05, 4.69) is 10.2 Å². The van der Waals surface area contributed by atoms with E-state index in [1.807, 2.05) is 4.90 Å². The van der Waals surface area contributed by atoms with Crippen molar-refractivity contribution in [3.05, 3.63) is 18.0 Å². The van der Waals surface area contributed by atoms with Crippen LogP contribution in [0.4, 0.5) is 0 Å². The molecule has 1 saturated carbocycles. The Kier molecular flexibility index (Phi) is 2.84. The Labute approximate surface area is 100 Å². The molecule has 0 spiro atoms. The van der Waals surface area contributed by atoms with Gasteiger partial charge in [0.15, 0.2) is 0 Å². The third-order valence-electron chi connectivity index (χ3n) is 3.74. The number of H-pyrrole nitrogens is 1. The highest BCUT2D eigenvalue weighted by Gasteiger charge is 2.37. The monoisotopic (exact) mass is 235 g/mol. The van der Waals surface area contributed by atoms with Gasteiger partial charge in [-0.3, -0.25) is 9.89 Å². The lowest BCUT2D eigenvalue weighted by atomic mass is 9.90. The van der Waals surface area contributed by atoms with Crippen LogP contribution in [-0.4, -0.2) is 46.3 Å². The standard InChI is InChI=1S/C12H17N3O2/c16-12(9-7-13-14-8-9)15-5-6-17-11-4-2-1-3-10(11)15/h7-8,10-11H,1-6H2,(H,13,14). The predicted octanol–water partition coefficient (Wildman–Crippen LogP) is 1.19. The maximum atomic E-state index is 12.3. The van der Waals surface area contributed by atoms with Gasteiger partial charge >= 0.3 is 0 Å². The fourth-order valence-corrected chi connectivity index (χ4v) is 2.88. The molecule has 2 unspecified atom stereocenters. The van der Waals surface area contributed by atoms with Crippen LogP contribution >= 0.6 is 0 Å². The molecule has 0 aromatic carbocycles. The number of fused-ring (bicyclic) bond motifs is 1. The van der Waals surface area contributed by atoms with E-state index in [1.165, 1.54) is 12.8 Å². The van der Waals surface area contributed by atoms with Crippen LogP contribution in [0.1, 0.15) is 36.0 Å². The average molecular weight is 235 g/mol. The van der Waals surface area contributed by atoms with Gasteiger partial charge in [-0.25, -0.2) is 0 Å². The zero-order valence-electron chi connectivity index (χ0n) is 9.76. The minimum Gasteiger partial charge on any atom is -0.374 e. The molecular weight excluding hydrogens is 218 g/mol. The molecule has 1 N–H and O–H groups in total. The molecule has 1 aromatic heterocycles. The number of nitrogens with zero attached hydrogens (tertiary/aromatic N) is 2. The Morgan fingerprint density at radius 3 is 3.18 bits per heavy atom. The molecule has 2 heterocycles. The van der Waals surface area contributed by atoms with Gasteiger partial charge in [-0.2, -0.15) is 5.10 Å². The van der Waals surface area contributed by atoms with Crippen molar-refractivity contribution in [2.24, 2.45) is 0 Å². The smallest absolute Gasteiger partial charge is 0.257 e. The third kappa shape index (κ3) is 1.95. The maximum Gasteiger partial charge on any atom is 0.257 e. The van der Waals surface area contributed by atoms with Gasteiger partial charge in [-0.15, -0.1) is 0 Å². The number of amides is 1. The van der Waals surface area contributed by atoms with Crippen molar-refractivity contribution in [3.63, 3.8) is 0 Å². The summed E-state index contributed by atoms with van der Waals surface area (Å²) in [4.78, 5) is 14.3. The number of hydrogen-bond acceptors (Lipinski definition) is 3. The van der Waals surface area contributed by atoms with Crippen molar-refractivity contribution >= 4 is 5.91 Å². The van der Waals surface area contributed by atoms with Gasteiger partial charge in [-0.05, 0) is 12.8 Å². The van der Waals surface area contributed by atoms with Crippen LogP contribution in [0.15, 0.2) is 12.4 Å². The lowest BCUT2D eigenvalue weighted by molar-refractivity contribution is -0.0752. The first-order valence-electron chi connectivity index (χ1n) is 6.27. The van der Waals surface area contributed by atoms with Crippen LogP contribution in [0, 0.1) is 0 Å². The number of aromatic nitrogens is 2. The quantitative estimate of drug-likeness (QED) is 0.795. The molecule has 2 aliphatic rings. The summed E-state index contributed by atoms with van der Waals surface area (Å²) in [6.07, 6.45) is 8.06. The SMILES string of the molecule is O=C(c1cn[nH]c1)N1CCOC2CCCCC21. The zero-order valence-corrected chi connectivity index (χ0v) is 9.76. The van der Waals surface area contributed by atoms with E-state index >= 15 is 0 Å². The van der Waals surface area contributed by atoms with E-state index in [1.54, 1.807) is 12.4 Å². The minimum atomic E-state index is 0.0824. The van der Waals surface area contributed by atoms with E-state index in [4.69, 9.17) is 4.74 Å². The predicted molar refractivity (Wildman–Crippen MR) is 61.6 cm³/mol. The van der Waals surface area contributed by atoms with E-state index < -0.39 is 0 Å². The average Bonchev–Trinajstić information content (AvgIpc) is 2.91. The van der Waals surface area contributed by atoms with Gasteiger partial charge in [0.2, 0.25) is 0 Å². The second kappa shape index (κ2) is 4.49. The van der Waals surface area contributed by atoms with Crippen LogP contribution in [0.3, 0.4) is 0 Å². The molecule has 2 fully saturated rings. The highest BCUT2D eigenvalue weighted by molar-refractivity contribution is 5.94. The van der Waals surface area contributed by atoms with Gasteiger partial charge in [0.1, 0.15) is 0 Å². The zero-order chi connectivity index (χ0) is 11.7. The first-order chi connectivity index (χ1) is 8.36. The largest absolute Gasteiger partial charge is 0.374 e. The number of carbonyl (C=O) groups is 1. The summed E-state index contributed by atoms with van der Waals surface area (Å²) in [7, 11) is 0. The fourth-order valence-electron chi connectivity index (χ4n) is 2.88. The molecule has 17 heavy (non-hydrogen) atoms. The fraction of sp³-hybridized carbons (Fsp3) is 0.667. The molecule has 5 heteroatoms. The number of morpholine rings is 1. The molecule has 2 atom stereocenters. The minimum absolute atomic E-state index is 0.0824. The molecule has 1 saturated heterocycles. The molecule has 0 bridgehead atoms. The number of nitrogens with one attached hydrogen (secondary N) is 1. The van der Waals surface area contributed by atoms with E-state index in [-0.39, 0.29) is 18.1 Å². The van der Waals surface area contributed by atoms with E-state index in [0.29, 0.717) is 18.7 Å². The van der Waals surface area contributed by atoms with Crippen LogP contribution in [0.25, 0.3) is 0 Å². The van der Waals surface area contributed by atoms with Crippen LogP contribution in [0.5, 0.6) is 0 Å². The summed E-state index contributed by atoms with van der Waals surface area (Å²) in [5, 5.41) is 6.53. The van der Waals surface area contributed by atoms with Crippen molar-refractivity contribution in [1.82, 2.24) is 15.1 Å². The summed E-state index contributed by atoms with van der Waals surface area (Å²) in [6.45, 7) is 1.36. The van der Waals surface area contributed by atoms with Crippen molar-refractivity contribution in [2.45, 2.75) is 37.8 Å². The number of rotatable bonds is 1. The number of ether oxygens (including phenoxy) is 1. The van der Waals surface area contributed by atoms with Crippen molar-refractivity contribution in [2.75, 3.05) is 13.2 Å². The lowest BCUT2D eigenvalue weighted by Crippen LogP contribution is -2.54. The second-order valence-corrected chi connectivity index (χ2v) is 4.75. The number of carbonyl (C=O) groups excluding carboxylic acids is 1. The van der Waals surface area contributed by atoms with Crippen LogP contribution in [0.2, 0.25) is 0 Å². The van der Waals surface area contributed by atoms with Crippen LogP contribution in [-0.2, 0) is 4.74 Å². The molecule has 1 aromatic rings. The van der Waals surface area contributed by atoms with Crippen molar-refractivity contribution < 1.29 is 9.53 Å². The Hall–Kier alpha value is -1.36. The molecule has 3 rings (SSSR count). The van der Waals surface area contributed by atoms with Crippen molar-refractivity contribution in [1.29, 1.82) is 0 Å². The van der Waals surface area contributed by atoms with Crippen LogP contribution < -0.4 is 0 Å². The van der Waals surface area contributed by atoms with Gasteiger partial charge < -0.3 is 9.64 Å². The molecule has 1 aliphatic carbocycles. The number of hydrogen-bond donors (Lipinski definition) is 1.